The number of halogens is 2. The highest BCUT2D eigenvalue weighted by Gasteiger charge is 2.05. The van der Waals surface area contributed by atoms with Crippen molar-refractivity contribution in [3.05, 3.63) is 145 Å². The van der Waals surface area contributed by atoms with Gasteiger partial charge in [0.25, 0.3) is 0 Å². The second kappa shape index (κ2) is 38.1. The summed E-state index contributed by atoms with van der Waals surface area (Å²) >= 11 is 9.08. The summed E-state index contributed by atoms with van der Waals surface area (Å²) in [5, 5.41) is 12.1. The first-order valence-corrected chi connectivity index (χ1v) is 25.0. The summed E-state index contributed by atoms with van der Waals surface area (Å²) in [6.45, 7) is 28.9. The summed E-state index contributed by atoms with van der Waals surface area (Å²) in [4.78, 5) is 2.30. The molecular formula is C62H86BrClN4. The molecule has 0 aliphatic carbocycles. The highest BCUT2D eigenvalue weighted by atomic mass is 79.9. The van der Waals surface area contributed by atoms with E-state index in [1.807, 2.05) is 74.8 Å². The second-order valence-electron chi connectivity index (χ2n) is 19.6. The number of nitrogens with zero attached hydrogens (tertiary/aromatic N) is 1. The van der Waals surface area contributed by atoms with Gasteiger partial charge in [-0.25, -0.2) is 0 Å². The molecule has 68 heavy (non-hydrogen) atoms. The Kier molecular flexibility index (Phi) is 36.6. The first kappa shape index (κ1) is 65.3. The van der Waals surface area contributed by atoms with Gasteiger partial charge in [-0.2, -0.15) is 0 Å². The lowest BCUT2D eigenvalue weighted by Gasteiger charge is -2.15. The molecule has 0 fully saturated rings. The van der Waals surface area contributed by atoms with E-state index in [1.54, 1.807) is 0 Å². The van der Waals surface area contributed by atoms with Gasteiger partial charge in [-0.05, 0) is 168 Å². The first-order valence-electron chi connectivity index (χ1n) is 23.4. The molecule has 0 amide bonds. The molecule has 368 valence electrons. The Balaban J connectivity index is 0. The highest BCUT2D eigenvalue weighted by Crippen LogP contribution is 2.21. The van der Waals surface area contributed by atoms with E-state index >= 15 is 0 Å². The molecule has 0 atom stereocenters. The lowest BCUT2D eigenvalue weighted by Crippen LogP contribution is -2.17. The number of alkyl halides is 2. The number of likely N-dealkylation sites (N-methyl/N-ethyl adjacent to an activating group) is 3. The van der Waals surface area contributed by atoms with E-state index in [-0.39, 0.29) is 21.7 Å². The zero-order valence-electron chi connectivity index (χ0n) is 44.7. The third-order valence-electron chi connectivity index (χ3n) is 8.09. The summed E-state index contributed by atoms with van der Waals surface area (Å²) in [6.07, 6.45) is 15.8. The monoisotopic (exact) mass is 1000 g/mol. The molecule has 4 N–H and O–H groups in total. The van der Waals surface area contributed by atoms with Crippen LogP contribution in [0, 0.1) is 69.0 Å². The minimum Gasteiger partial charge on any atom is -0.333 e. The molecule has 0 bridgehead atoms. The molecule has 0 saturated heterocycles. The van der Waals surface area contributed by atoms with Crippen molar-refractivity contribution < 1.29 is 0 Å². The second-order valence-corrected chi connectivity index (χ2v) is 20.5. The van der Waals surface area contributed by atoms with Crippen molar-refractivity contribution in [2.45, 2.75) is 95.5 Å². The quantitative estimate of drug-likeness (QED) is 0.109. The molecule has 6 heteroatoms. The van der Waals surface area contributed by atoms with Crippen molar-refractivity contribution in [3.63, 3.8) is 0 Å². The smallest absolute Gasteiger partial charge is 0.0480 e. The van der Waals surface area contributed by atoms with Gasteiger partial charge >= 0.3 is 0 Å². The lowest BCUT2D eigenvalue weighted by molar-refractivity contribution is 0.365. The fourth-order valence-corrected chi connectivity index (χ4v) is 5.51. The Hall–Kier alpha value is -4.79. The number of rotatable bonds is 10. The maximum atomic E-state index is 5.81. The van der Waals surface area contributed by atoms with Crippen LogP contribution >= 0.6 is 27.5 Å². The molecule has 0 radical (unpaired) electrons. The van der Waals surface area contributed by atoms with Crippen molar-refractivity contribution in [1.29, 1.82) is 0 Å². The van der Waals surface area contributed by atoms with E-state index in [2.05, 4.69) is 247 Å². The number of hydrogen-bond acceptors (Lipinski definition) is 4. The van der Waals surface area contributed by atoms with Crippen LogP contribution in [0.4, 0.5) is 0 Å². The number of benzene rings is 4. The maximum Gasteiger partial charge on any atom is 0.0480 e. The Labute approximate surface area is 430 Å². The minimum atomic E-state index is 0.0686. The van der Waals surface area contributed by atoms with Crippen molar-refractivity contribution in [3.8, 4) is 47.4 Å². The van der Waals surface area contributed by atoms with Gasteiger partial charge in [-0.3, -0.25) is 4.90 Å². The van der Waals surface area contributed by atoms with Gasteiger partial charge in [0, 0.05) is 59.0 Å². The number of allylic oxidation sites excluding steroid dienone is 5. The summed E-state index contributed by atoms with van der Waals surface area (Å²) < 4.78 is 0. The minimum absolute atomic E-state index is 0.0686. The molecule has 4 nitrogen and oxygen atoms in total. The zero-order valence-corrected chi connectivity index (χ0v) is 47.1. The van der Waals surface area contributed by atoms with E-state index in [9.17, 15) is 0 Å². The average molecular weight is 1000 g/mol. The molecule has 0 aromatic heterocycles. The SMILES string of the molecule is CC(C)(C)C#C/C=C/CBr.CN.CN(C/C=C/C#CC(C)(C)C)Cc1cccc2ccccc12.CNC/C=C/C#CC(C)(C)C.CNC/C=C/C#CC(C)(C)C.ClCc1cccc2ccccc12. The summed E-state index contributed by atoms with van der Waals surface area (Å²) in [7, 11) is 7.48. The summed E-state index contributed by atoms with van der Waals surface area (Å²) in [6, 6.07) is 29.6. The van der Waals surface area contributed by atoms with Crippen LogP contribution < -0.4 is 16.4 Å². The van der Waals surface area contributed by atoms with Crippen LogP contribution in [0.2, 0.25) is 0 Å². The molecule has 4 aromatic rings. The summed E-state index contributed by atoms with van der Waals surface area (Å²) in [5.41, 5.74) is 7.49. The van der Waals surface area contributed by atoms with E-state index in [1.165, 1.54) is 39.7 Å². The largest absolute Gasteiger partial charge is 0.333 e. The number of nitrogens with one attached hydrogen (secondary N) is 2. The zero-order chi connectivity index (χ0) is 51.9. The van der Waals surface area contributed by atoms with Gasteiger partial charge in [0.05, 0.1) is 0 Å². The predicted molar refractivity (Wildman–Crippen MR) is 311 cm³/mol. The van der Waals surface area contributed by atoms with Crippen LogP contribution in [0.3, 0.4) is 0 Å². The fourth-order valence-electron chi connectivity index (χ4n) is 5.09. The van der Waals surface area contributed by atoms with E-state index < -0.39 is 0 Å². The lowest BCUT2D eigenvalue weighted by atomic mass is 9.98. The number of fused-ring (bicyclic) bond motifs is 2. The van der Waals surface area contributed by atoms with Crippen molar-refractivity contribution in [2.24, 2.45) is 27.4 Å². The van der Waals surface area contributed by atoms with E-state index in [0.29, 0.717) is 5.88 Å². The molecule has 0 heterocycles. The molecule has 0 saturated carbocycles. The third kappa shape index (κ3) is 39.2. The molecule has 4 rings (SSSR count). The first-order chi connectivity index (χ1) is 32.1. The molecule has 4 aromatic carbocycles. The van der Waals surface area contributed by atoms with Crippen LogP contribution in [0.25, 0.3) is 21.5 Å². The van der Waals surface area contributed by atoms with E-state index in [4.69, 9.17) is 11.6 Å². The maximum absolute atomic E-state index is 5.81. The van der Waals surface area contributed by atoms with Crippen molar-refractivity contribution in [2.75, 3.05) is 53.2 Å². The van der Waals surface area contributed by atoms with Crippen molar-refractivity contribution >= 4 is 49.1 Å². The van der Waals surface area contributed by atoms with E-state index in [0.717, 1.165) is 31.5 Å². The van der Waals surface area contributed by atoms with Gasteiger partial charge in [0.15, 0.2) is 0 Å². The molecule has 0 spiro atoms. The Morgan fingerprint density at radius 2 is 0.853 bits per heavy atom. The standard InChI is InChI=1S/C21H25N.C11H9Cl.2C10H17N.C9H13Br.CH5N/c1-21(2,3)15-8-5-9-16-22(4)17-19-13-10-12-18-11-6-7-14-20(18)19;12-8-10-6-3-5-9-4-1-2-7-11(9)10;2*1-10(2,3)8-6-5-7-9-11-4;1-9(2,3)7-5-4-6-8-10;1-2/h5-7,9-14H,16-17H2,1-4H3;1-7H,8H2;2*5,7,11H,9H2,1-4H3;4,6H,8H2,1-3H3;2H2,1H3/b9-5+;;2*7-5+;6-4+;. The molecular weight excluding hydrogens is 916 g/mol. The Morgan fingerprint density at radius 1 is 0.515 bits per heavy atom. The van der Waals surface area contributed by atoms with Gasteiger partial charge in [-0.15, -0.1) is 11.6 Å². The number of nitrogens with two attached hydrogens (primary N) is 1. The topological polar surface area (TPSA) is 53.3 Å². The highest BCUT2D eigenvalue weighted by molar-refractivity contribution is 9.09. The Morgan fingerprint density at radius 3 is 1.22 bits per heavy atom. The number of hydrogen-bond donors (Lipinski definition) is 3. The summed E-state index contributed by atoms with van der Waals surface area (Å²) in [5.74, 6) is 25.2. The fraction of sp³-hybridized carbons (Fsp3) is 0.419. The van der Waals surface area contributed by atoms with Crippen LogP contribution in [-0.2, 0) is 12.4 Å². The molecule has 0 aliphatic heterocycles. The van der Waals surface area contributed by atoms with Crippen LogP contribution in [0.15, 0.2) is 134 Å². The van der Waals surface area contributed by atoms with Gasteiger partial charge in [-0.1, -0.05) is 173 Å². The molecule has 0 aliphatic rings. The van der Waals surface area contributed by atoms with Gasteiger partial charge in [0.2, 0.25) is 0 Å². The predicted octanol–water partition coefficient (Wildman–Crippen LogP) is 14.6. The Bertz CT molecular complexity index is 2290. The van der Waals surface area contributed by atoms with Gasteiger partial charge in [0.1, 0.15) is 0 Å². The van der Waals surface area contributed by atoms with Crippen LogP contribution in [0.5, 0.6) is 0 Å². The van der Waals surface area contributed by atoms with Gasteiger partial charge < -0.3 is 16.4 Å². The third-order valence-corrected chi connectivity index (χ3v) is 8.75. The van der Waals surface area contributed by atoms with Crippen LogP contribution in [-0.4, -0.2) is 58.1 Å². The molecule has 0 unspecified atom stereocenters. The normalized spacial score (nSPS) is 11.1. The van der Waals surface area contributed by atoms with Crippen molar-refractivity contribution in [1.82, 2.24) is 15.5 Å². The average Bonchev–Trinajstić information content (AvgIpc) is 3.28. The van der Waals surface area contributed by atoms with Crippen LogP contribution in [0.1, 0.15) is 94.2 Å².